The number of carbonyl (C=O) groups excluding carboxylic acids is 3. The van der Waals surface area contributed by atoms with Gasteiger partial charge >= 0.3 is 0 Å². The summed E-state index contributed by atoms with van der Waals surface area (Å²) in [5.74, 6) is 1.23. The summed E-state index contributed by atoms with van der Waals surface area (Å²) in [5, 5.41) is 3.34. The molecular formula is C27H23BrClNO5. The van der Waals surface area contributed by atoms with Crippen molar-refractivity contribution in [2.24, 2.45) is 0 Å². The molecule has 2 aliphatic carbocycles. The summed E-state index contributed by atoms with van der Waals surface area (Å²) in [7, 11) is 0. The smallest absolute Gasteiger partial charge is 0.262 e. The summed E-state index contributed by atoms with van der Waals surface area (Å²) in [6.45, 7) is -0.181. The molecule has 0 fully saturated rings. The first-order valence-electron chi connectivity index (χ1n) is 11.6. The van der Waals surface area contributed by atoms with Crippen LogP contribution >= 0.6 is 27.5 Å². The Hall–Kier alpha value is -2.90. The minimum absolute atomic E-state index is 0.0384. The number of hydrogen-bond acceptors (Lipinski definition) is 5. The van der Waals surface area contributed by atoms with Crippen LogP contribution in [0.2, 0.25) is 5.02 Å². The van der Waals surface area contributed by atoms with Gasteiger partial charge in [0.25, 0.3) is 5.91 Å². The fraction of sp³-hybridized carbons (Fsp3) is 0.296. The van der Waals surface area contributed by atoms with Crippen LogP contribution in [0.3, 0.4) is 0 Å². The third kappa shape index (κ3) is 4.93. The van der Waals surface area contributed by atoms with Crippen LogP contribution in [0.25, 0.3) is 0 Å². The molecule has 2 aromatic carbocycles. The molecule has 5 rings (SSSR count). The topological polar surface area (TPSA) is 81.7 Å². The molecule has 1 aliphatic heterocycles. The van der Waals surface area contributed by atoms with E-state index in [1.165, 1.54) is 0 Å². The van der Waals surface area contributed by atoms with Gasteiger partial charge in [-0.3, -0.25) is 14.4 Å². The maximum absolute atomic E-state index is 12.9. The van der Waals surface area contributed by atoms with Crippen molar-refractivity contribution in [1.82, 2.24) is 0 Å². The molecule has 0 saturated heterocycles. The van der Waals surface area contributed by atoms with Crippen molar-refractivity contribution in [1.29, 1.82) is 0 Å². The fourth-order valence-electron chi connectivity index (χ4n) is 4.84. The zero-order chi connectivity index (χ0) is 24.5. The highest BCUT2D eigenvalue weighted by Crippen LogP contribution is 2.48. The molecule has 0 spiro atoms. The fourth-order valence-corrected chi connectivity index (χ4v) is 5.48. The Balaban J connectivity index is 1.37. The van der Waals surface area contributed by atoms with Crippen LogP contribution in [0.5, 0.6) is 5.75 Å². The largest absolute Gasteiger partial charge is 0.483 e. The SMILES string of the molecule is O=C(COc1ccc(C2C3=C(CCCC3=O)OC3=C2C(=O)CCC3)cc1Br)Nc1ccc(Cl)cc1. The van der Waals surface area contributed by atoms with Crippen molar-refractivity contribution in [2.75, 3.05) is 11.9 Å². The molecule has 0 atom stereocenters. The quantitative estimate of drug-likeness (QED) is 0.471. The molecule has 180 valence electrons. The van der Waals surface area contributed by atoms with Crippen molar-refractivity contribution in [3.05, 3.63) is 80.2 Å². The summed E-state index contributed by atoms with van der Waals surface area (Å²) >= 11 is 9.42. The summed E-state index contributed by atoms with van der Waals surface area (Å²) in [4.78, 5) is 38.2. The van der Waals surface area contributed by atoms with Gasteiger partial charge < -0.3 is 14.8 Å². The van der Waals surface area contributed by atoms with E-state index in [4.69, 9.17) is 21.1 Å². The molecule has 1 N–H and O–H groups in total. The van der Waals surface area contributed by atoms with E-state index in [2.05, 4.69) is 21.2 Å². The Kier molecular flexibility index (Phi) is 6.80. The van der Waals surface area contributed by atoms with Crippen LogP contribution in [0.4, 0.5) is 5.69 Å². The van der Waals surface area contributed by atoms with Crippen LogP contribution in [-0.4, -0.2) is 24.1 Å². The molecule has 1 amide bonds. The number of ketones is 2. The minimum Gasteiger partial charge on any atom is -0.483 e. The molecule has 0 aromatic heterocycles. The second kappa shape index (κ2) is 9.99. The van der Waals surface area contributed by atoms with Crippen molar-refractivity contribution < 1.29 is 23.9 Å². The van der Waals surface area contributed by atoms with E-state index in [-0.39, 0.29) is 24.1 Å². The summed E-state index contributed by atoms with van der Waals surface area (Å²) in [6, 6.07) is 12.3. The monoisotopic (exact) mass is 555 g/mol. The van der Waals surface area contributed by atoms with Crippen molar-refractivity contribution in [3.63, 3.8) is 0 Å². The van der Waals surface area contributed by atoms with Crippen molar-refractivity contribution in [3.8, 4) is 5.75 Å². The maximum atomic E-state index is 12.9. The zero-order valence-corrected chi connectivity index (χ0v) is 21.2. The number of hydrogen-bond donors (Lipinski definition) is 1. The molecule has 1 heterocycles. The van der Waals surface area contributed by atoms with Gasteiger partial charge in [-0.2, -0.15) is 0 Å². The highest BCUT2D eigenvalue weighted by Gasteiger charge is 2.41. The van der Waals surface area contributed by atoms with Gasteiger partial charge in [-0.1, -0.05) is 17.7 Å². The second-order valence-electron chi connectivity index (χ2n) is 8.80. The normalized spacial score (nSPS) is 18.1. The first kappa shape index (κ1) is 23.8. The standard InChI is InChI=1S/C27H23BrClNO5/c28-18-13-15(7-12-21(18)34-14-24(33)30-17-10-8-16(29)9-11-17)25-26-19(31)3-1-5-22(26)35-23-6-2-4-20(32)27(23)25/h7-13,25H,1-6,14H2,(H,30,33). The van der Waals surface area contributed by atoms with E-state index in [9.17, 15) is 14.4 Å². The number of Topliss-reactive ketones (excluding diaryl/α,β-unsaturated/α-hetero) is 2. The van der Waals surface area contributed by atoms with Gasteiger partial charge in [0.15, 0.2) is 18.2 Å². The number of amides is 1. The highest BCUT2D eigenvalue weighted by atomic mass is 79.9. The molecule has 6 nitrogen and oxygen atoms in total. The zero-order valence-electron chi connectivity index (χ0n) is 18.9. The molecule has 3 aliphatic rings. The highest BCUT2D eigenvalue weighted by molar-refractivity contribution is 9.10. The number of nitrogens with one attached hydrogen (secondary N) is 1. The van der Waals surface area contributed by atoms with Crippen LogP contribution in [0.15, 0.2) is 69.6 Å². The molecule has 35 heavy (non-hydrogen) atoms. The van der Waals surface area contributed by atoms with Crippen LogP contribution < -0.4 is 10.1 Å². The lowest BCUT2D eigenvalue weighted by Crippen LogP contribution is -2.30. The third-order valence-electron chi connectivity index (χ3n) is 6.42. The van der Waals surface area contributed by atoms with Crippen LogP contribution in [0, 0.1) is 0 Å². The maximum Gasteiger partial charge on any atom is 0.262 e. The van der Waals surface area contributed by atoms with E-state index in [0.29, 0.717) is 69.3 Å². The van der Waals surface area contributed by atoms with E-state index in [1.54, 1.807) is 30.3 Å². The van der Waals surface area contributed by atoms with Crippen LogP contribution in [0.1, 0.15) is 50.0 Å². The van der Waals surface area contributed by atoms with E-state index >= 15 is 0 Å². The Morgan fingerprint density at radius 1 is 0.971 bits per heavy atom. The molecule has 8 heteroatoms. The van der Waals surface area contributed by atoms with Crippen molar-refractivity contribution in [2.45, 2.75) is 44.4 Å². The molecule has 0 bridgehead atoms. The number of rotatable bonds is 5. The van der Waals surface area contributed by atoms with E-state index < -0.39 is 5.92 Å². The number of carbonyl (C=O) groups is 3. The minimum atomic E-state index is -0.437. The Bertz CT molecular complexity index is 1240. The van der Waals surface area contributed by atoms with E-state index in [1.807, 2.05) is 12.1 Å². The average molecular weight is 557 g/mol. The average Bonchev–Trinajstić information content (AvgIpc) is 2.84. The van der Waals surface area contributed by atoms with Gasteiger partial charge in [0.2, 0.25) is 0 Å². The second-order valence-corrected chi connectivity index (χ2v) is 10.1. The van der Waals surface area contributed by atoms with Gasteiger partial charge in [0, 0.05) is 53.5 Å². The molecule has 0 unspecified atom stereocenters. The summed E-state index contributed by atoms with van der Waals surface area (Å²) < 4.78 is 12.5. The van der Waals surface area contributed by atoms with Gasteiger partial charge in [0.05, 0.1) is 4.47 Å². The number of halogens is 2. The van der Waals surface area contributed by atoms with Crippen LogP contribution in [-0.2, 0) is 19.1 Å². The van der Waals surface area contributed by atoms with E-state index in [0.717, 1.165) is 18.4 Å². The lowest BCUT2D eigenvalue weighted by Gasteiger charge is -2.36. The molecule has 2 aromatic rings. The predicted molar refractivity (Wildman–Crippen MR) is 135 cm³/mol. The predicted octanol–water partition coefficient (Wildman–Crippen LogP) is 6.25. The third-order valence-corrected chi connectivity index (χ3v) is 7.29. The number of ether oxygens (including phenoxy) is 2. The molecule has 0 saturated carbocycles. The van der Waals surface area contributed by atoms with Gasteiger partial charge in [-0.05, 0) is 70.7 Å². The molecule has 0 radical (unpaired) electrons. The van der Waals surface area contributed by atoms with Gasteiger partial charge in [-0.15, -0.1) is 0 Å². The van der Waals surface area contributed by atoms with Gasteiger partial charge in [-0.25, -0.2) is 0 Å². The Labute approximate surface area is 216 Å². The summed E-state index contributed by atoms with van der Waals surface area (Å²) in [6.07, 6.45) is 3.84. The summed E-state index contributed by atoms with van der Waals surface area (Å²) in [5.41, 5.74) is 2.66. The lowest BCUT2D eigenvalue weighted by molar-refractivity contribution is -0.119. The number of allylic oxidation sites excluding steroid dienone is 4. The molecular weight excluding hydrogens is 534 g/mol. The number of benzene rings is 2. The Morgan fingerprint density at radius 3 is 2.20 bits per heavy atom. The lowest BCUT2D eigenvalue weighted by atomic mass is 9.73. The van der Waals surface area contributed by atoms with Crippen molar-refractivity contribution >= 4 is 50.7 Å². The first-order chi connectivity index (χ1) is 16.9. The number of anilines is 1. The first-order valence-corrected chi connectivity index (χ1v) is 12.8. The Morgan fingerprint density at radius 2 is 1.60 bits per heavy atom. The van der Waals surface area contributed by atoms with Gasteiger partial charge in [0.1, 0.15) is 17.3 Å².